The van der Waals surface area contributed by atoms with Gasteiger partial charge in [-0.1, -0.05) is 56.3 Å². The molecule has 0 aliphatic rings. The van der Waals surface area contributed by atoms with Crippen LogP contribution in [0.5, 0.6) is 5.88 Å². The molecule has 2 aromatic rings. The first kappa shape index (κ1) is 33.0. The van der Waals surface area contributed by atoms with Gasteiger partial charge in [0.15, 0.2) is 0 Å². The van der Waals surface area contributed by atoms with E-state index in [4.69, 9.17) is 0 Å². The van der Waals surface area contributed by atoms with E-state index in [-0.39, 0.29) is 36.5 Å². The smallest absolute Gasteiger partial charge is 0.475 e. The molecule has 0 unspecified atom stereocenters. The van der Waals surface area contributed by atoms with Crippen molar-refractivity contribution in [3.63, 3.8) is 0 Å². The highest BCUT2D eigenvalue weighted by atomic mass is 16.4. The number of nitrogens with one attached hydrogen (secondary N) is 3. The second kappa shape index (κ2) is 17.5. The monoisotopic (exact) mass is 563 g/mol. The Morgan fingerprint density at radius 1 is 1.02 bits per heavy atom. The van der Waals surface area contributed by atoms with Gasteiger partial charge in [-0.25, -0.2) is 4.98 Å². The summed E-state index contributed by atoms with van der Waals surface area (Å²) in [6.07, 6.45) is 4.31. The summed E-state index contributed by atoms with van der Waals surface area (Å²) in [4.78, 5) is 42.1. The number of nitrogens with zero attached hydrogens (tertiary/aromatic N) is 2. The number of carbonyl (C=O) groups is 3. The number of pyridine rings is 1. The molecule has 1 heterocycles. The Balaban J connectivity index is 2.02. The Morgan fingerprint density at radius 2 is 1.76 bits per heavy atom. The lowest BCUT2D eigenvalue weighted by molar-refractivity contribution is -0.123. The second-order valence-electron chi connectivity index (χ2n) is 10.1. The van der Waals surface area contributed by atoms with E-state index in [2.05, 4.69) is 34.8 Å². The first-order chi connectivity index (χ1) is 19.6. The molecule has 0 spiro atoms. The fourth-order valence-corrected chi connectivity index (χ4v) is 3.95. The zero-order valence-electron chi connectivity index (χ0n) is 23.4. The van der Waals surface area contributed by atoms with Crippen molar-refractivity contribution < 1.29 is 29.5 Å². The van der Waals surface area contributed by atoms with Crippen LogP contribution in [-0.2, 0) is 16.0 Å². The average Bonchev–Trinajstić information content (AvgIpc) is 2.94. The number of nitriles is 1. The number of amides is 3. The second-order valence-corrected chi connectivity index (χ2v) is 10.1. The molecule has 2 atom stereocenters. The predicted octanol–water partition coefficient (Wildman–Crippen LogP) is 1.80. The fraction of sp³-hybridized carbons (Fsp3) is 0.414. The van der Waals surface area contributed by atoms with Crippen molar-refractivity contribution in [3.05, 3.63) is 71.4 Å². The Labute approximate surface area is 240 Å². The van der Waals surface area contributed by atoms with E-state index in [0.717, 1.165) is 12.0 Å². The topological polar surface area (TPSA) is 185 Å². The quantitative estimate of drug-likeness (QED) is 0.0773. The molecule has 12 heteroatoms. The number of hydrogen-bond donors (Lipinski definition) is 6. The van der Waals surface area contributed by atoms with Gasteiger partial charge in [0.25, 0.3) is 11.8 Å². The summed E-state index contributed by atoms with van der Waals surface area (Å²) in [6, 6.07) is 14.0. The highest BCUT2D eigenvalue weighted by Crippen LogP contribution is 2.10. The number of allylic oxidation sites excluding steroid dienone is 1. The number of hydrogen-bond acceptors (Lipinski definition) is 8. The van der Waals surface area contributed by atoms with Gasteiger partial charge in [-0.2, -0.15) is 5.26 Å². The molecule has 6 N–H and O–H groups in total. The summed E-state index contributed by atoms with van der Waals surface area (Å²) in [7, 11) is -1.85. The molecule has 0 aliphatic carbocycles. The van der Waals surface area contributed by atoms with Crippen LogP contribution in [0, 0.1) is 17.2 Å². The Hall–Kier alpha value is -4.21. The van der Waals surface area contributed by atoms with Crippen LogP contribution in [0.2, 0.25) is 0 Å². The van der Waals surface area contributed by atoms with Gasteiger partial charge in [-0.05, 0) is 56.1 Å². The zero-order chi connectivity index (χ0) is 30.2. The van der Waals surface area contributed by atoms with Gasteiger partial charge in [0, 0.05) is 12.6 Å². The molecule has 3 amide bonds. The summed E-state index contributed by atoms with van der Waals surface area (Å²) >= 11 is 0. The van der Waals surface area contributed by atoms with Crippen LogP contribution in [0.15, 0.2) is 60.2 Å². The molecule has 0 radical (unpaired) electrons. The van der Waals surface area contributed by atoms with Crippen LogP contribution in [0.3, 0.4) is 0 Å². The van der Waals surface area contributed by atoms with Crippen LogP contribution >= 0.6 is 0 Å². The SMILES string of the molecule is CC(C)CC/C=C(\C#N)C(=O)NCCCC[C@H](NC(=O)c1cccc(O)n1)C(=O)N[C@@H](Cc1ccccc1)B(O)O. The molecule has 0 fully saturated rings. The van der Waals surface area contributed by atoms with Gasteiger partial charge >= 0.3 is 7.12 Å². The van der Waals surface area contributed by atoms with Gasteiger partial charge in [0.1, 0.15) is 23.4 Å². The van der Waals surface area contributed by atoms with Crippen molar-refractivity contribution in [2.45, 2.75) is 64.4 Å². The number of aromatic nitrogens is 1. The summed E-state index contributed by atoms with van der Waals surface area (Å²) in [5.41, 5.74) is 0.744. The third-order valence-corrected chi connectivity index (χ3v) is 6.24. The molecule has 41 heavy (non-hydrogen) atoms. The Bertz CT molecular complexity index is 1220. The van der Waals surface area contributed by atoms with Gasteiger partial charge in [-0.15, -0.1) is 0 Å². The molecule has 1 aromatic heterocycles. The first-order valence-corrected chi connectivity index (χ1v) is 13.7. The highest BCUT2D eigenvalue weighted by Gasteiger charge is 2.30. The van der Waals surface area contributed by atoms with Gasteiger partial charge in [0.2, 0.25) is 11.8 Å². The minimum atomic E-state index is -1.85. The standard InChI is InChI=1S/C29H38BN5O6/c1-20(2)10-8-13-22(19-31)27(37)32-17-7-6-14-24(34-28(38)23-15-9-16-26(36)33-23)29(39)35-25(30(40)41)18-21-11-4-3-5-12-21/h3-5,9,11-13,15-16,20,24-25,40-41H,6-8,10,14,17-18H2,1-2H3,(H,32,37)(H,33,36)(H,34,38)(H,35,39)/b22-13+/t24-,25-/m0/s1. The average molecular weight is 563 g/mol. The van der Waals surface area contributed by atoms with Crippen molar-refractivity contribution in [1.29, 1.82) is 5.26 Å². The van der Waals surface area contributed by atoms with E-state index in [1.54, 1.807) is 30.3 Å². The van der Waals surface area contributed by atoms with Crippen LogP contribution in [0.4, 0.5) is 0 Å². The molecule has 1 aromatic carbocycles. The molecular formula is C29H38BN5O6. The molecule has 0 saturated heterocycles. The predicted molar refractivity (Wildman–Crippen MR) is 154 cm³/mol. The Kier molecular flexibility index (Phi) is 14.1. The third-order valence-electron chi connectivity index (χ3n) is 6.24. The number of benzene rings is 1. The Morgan fingerprint density at radius 3 is 2.39 bits per heavy atom. The van der Waals surface area contributed by atoms with Crippen LogP contribution in [0.1, 0.15) is 62.0 Å². The molecule has 0 bridgehead atoms. The lowest BCUT2D eigenvalue weighted by atomic mass is 9.75. The van der Waals surface area contributed by atoms with Gasteiger partial charge < -0.3 is 31.1 Å². The maximum absolute atomic E-state index is 13.2. The molecule has 0 aliphatic heterocycles. The highest BCUT2D eigenvalue weighted by molar-refractivity contribution is 6.43. The van der Waals surface area contributed by atoms with Crippen LogP contribution in [0.25, 0.3) is 0 Å². The number of carbonyl (C=O) groups excluding carboxylic acids is 3. The fourth-order valence-electron chi connectivity index (χ4n) is 3.95. The lowest BCUT2D eigenvalue weighted by Crippen LogP contribution is -2.54. The summed E-state index contributed by atoms with van der Waals surface area (Å²) in [6.45, 7) is 4.38. The molecule has 11 nitrogen and oxygen atoms in total. The molecule has 2 rings (SSSR count). The first-order valence-electron chi connectivity index (χ1n) is 13.7. The summed E-state index contributed by atoms with van der Waals surface area (Å²) < 4.78 is 0. The minimum Gasteiger partial charge on any atom is -0.493 e. The van der Waals surface area contributed by atoms with Crippen molar-refractivity contribution in [2.24, 2.45) is 5.92 Å². The largest absolute Gasteiger partial charge is 0.493 e. The van der Waals surface area contributed by atoms with Crippen molar-refractivity contribution in [1.82, 2.24) is 20.9 Å². The lowest BCUT2D eigenvalue weighted by Gasteiger charge is -2.23. The normalized spacial score (nSPS) is 12.6. The van der Waals surface area contributed by atoms with E-state index in [9.17, 15) is 34.8 Å². The van der Waals surface area contributed by atoms with Crippen LogP contribution < -0.4 is 16.0 Å². The van der Waals surface area contributed by atoms with E-state index >= 15 is 0 Å². The number of aromatic hydroxyl groups is 1. The maximum atomic E-state index is 13.2. The molecule has 218 valence electrons. The van der Waals surface area contributed by atoms with Gasteiger partial charge in [0.05, 0.1) is 5.94 Å². The van der Waals surface area contributed by atoms with Crippen molar-refractivity contribution >= 4 is 24.8 Å². The van der Waals surface area contributed by atoms with E-state index < -0.39 is 36.8 Å². The number of rotatable bonds is 16. The number of unbranched alkanes of at least 4 members (excludes halogenated alkanes) is 1. The van der Waals surface area contributed by atoms with Crippen molar-refractivity contribution in [2.75, 3.05) is 6.54 Å². The summed E-state index contributed by atoms with van der Waals surface area (Å²) in [5.74, 6) is -2.71. The van der Waals surface area contributed by atoms with Crippen LogP contribution in [-0.4, -0.2) is 63.5 Å². The van der Waals surface area contributed by atoms with Crippen molar-refractivity contribution in [3.8, 4) is 11.9 Å². The molecular weight excluding hydrogens is 525 g/mol. The zero-order valence-corrected chi connectivity index (χ0v) is 23.4. The molecule has 0 saturated carbocycles. The van der Waals surface area contributed by atoms with Gasteiger partial charge in [-0.3, -0.25) is 14.4 Å². The van der Waals surface area contributed by atoms with E-state index in [1.165, 1.54) is 18.2 Å². The summed E-state index contributed by atoms with van der Waals surface area (Å²) in [5, 5.41) is 46.6. The van der Waals surface area contributed by atoms with E-state index in [1.807, 2.05) is 12.1 Å². The van der Waals surface area contributed by atoms with E-state index in [0.29, 0.717) is 25.2 Å². The third kappa shape index (κ3) is 12.2. The minimum absolute atomic E-state index is 0.0563. The maximum Gasteiger partial charge on any atom is 0.475 e.